The molecule has 2 atom stereocenters. The third-order valence-corrected chi connectivity index (χ3v) is 3.57. The largest absolute Gasteiger partial charge is 0.480 e. The lowest BCUT2D eigenvalue weighted by Crippen LogP contribution is -2.45. The van der Waals surface area contributed by atoms with E-state index < -0.39 is 12.0 Å². The van der Waals surface area contributed by atoms with Crippen LogP contribution in [-0.2, 0) is 9.53 Å². The molecule has 0 bridgehead atoms. The summed E-state index contributed by atoms with van der Waals surface area (Å²) in [5, 5.41) is 9.17. The molecule has 0 spiro atoms. The van der Waals surface area contributed by atoms with E-state index in [1.165, 1.54) is 0 Å². The Balaban J connectivity index is 2.55. The van der Waals surface area contributed by atoms with Gasteiger partial charge in [-0.1, -0.05) is 13.8 Å². The van der Waals surface area contributed by atoms with Crippen molar-refractivity contribution in [1.82, 2.24) is 9.80 Å². The summed E-state index contributed by atoms with van der Waals surface area (Å²) in [5.41, 5.74) is 0. The van der Waals surface area contributed by atoms with Gasteiger partial charge in [-0.3, -0.25) is 14.6 Å². The smallest absolute Gasteiger partial charge is 0.323 e. The third kappa shape index (κ3) is 3.66. The molecule has 0 aromatic rings. The Morgan fingerprint density at radius 1 is 1.53 bits per heavy atom. The zero-order valence-corrected chi connectivity index (χ0v) is 11.1. The average Bonchev–Trinajstić information content (AvgIpc) is 2.76. The lowest BCUT2D eigenvalue weighted by Gasteiger charge is -2.28. The fourth-order valence-electron chi connectivity index (χ4n) is 2.58. The van der Waals surface area contributed by atoms with Crippen LogP contribution in [0.5, 0.6) is 0 Å². The number of ether oxygens (including phenoxy) is 1. The molecule has 17 heavy (non-hydrogen) atoms. The number of likely N-dealkylation sites (N-methyl/N-ethyl adjacent to an activating group) is 1. The number of carboxylic acids is 1. The SMILES string of the molecule is CCN(CC)C1CCN(C(COC)C(=O)O)C1. The minimum Gasteiger partial charge on any atom is -0.480 e. The molecule has 1 fully saturated rings. The van der Waals surface area contributed by atoms with Crippen molar-refractivity contribution >= 4 is 5.97 Å². The van der Waals surface area contributed by atoms with E-state index in [1.54, 1.807) is 7.11 Å². The minimum absolute atomic E-state index is 0.264. The number of rotatable bonds is 7. The van der Waals surface area contributed by atoms with E-state index in [1.807, 2.05) is 4.90 Å². The van der Waals surface area contributed by atoms with Crippen molar-refractivity contribution in [1.29, 1.82) is 0 Å². The Bertz CT molecular complexity index is 244. The van der Waals surface area contributed by atoms with Gasteiger partial charge in [-0.25, -0.2) is 0 Å². The summed E-state index contributed by atoms with van der Waals surface area (Å²) in [6.07, 6.45) is 1.05. The first kappa shape index (κ1) is 14.4. The van der Waals surface area contributed by atoms with Crippen LogP contribution in [0.3, 0.4) is 0 Å². The minimum atomic E-state index is -0.785. The molecule has 0 aromatic carbocycles. The molecule has 1 N–H and O–H groups in total. The standard InChI is InChI=1S/C12H24N2O3/c1-4-13(5-2)10-6-7-14(8-10)11(9-17-3)12(15)16/h10-11H,4-9H2,1-3H3,(H,15,16). The fraction of sp³-hybridized carbons (Fsp3) is 0.917. The van der Waals surface area contributed by atoms with Crippen molar-refractivity contribution in [3.63, 3.8) is 0 Å². The second-order valence-corrected chi connectivity index (χ2v) is 4.47. The van der Waals surface area contributed by atoms with Crippen LogP contribution in [0, 0.1) is 0 Å². The predicted molar refractivity (Wildman–Crippen MR) is 66.2 cm³/mol. The van der Waals surface area contributed by atoms with Crippen LogP contribution in [0.4, 0.5) is 0 Å². The van der Waals surface area contributed by atoms with Crippen LogP contribution in [0.25, 0.3) is 0 Å². The van der Waals surface area contributed by atoms with E-state index in [-0.39, 0.29) is 6.61 Å². The van der Waals surface area contributed by atoms with Crippen LogP contribution in [0.1, 0.15) is 20.3 Å². The molecule has 0 amide bonds. The predicted octanol–water partition coefficient (Wildman–Crippen LogP) is 0.502. The highest BCUT2D eigenvalue weighted by Gasteiger charge is 2.33. The molecule has 5 heteroatoms. The van der Waals surface area contributed by atoms with Gasteiger partial charge in [-0.05, 0) is 19.5 Å². The first-order valence-electron chi connectivity index (χ1n) is 6.33. The molecule has 5 nitrogen and oxygen atoms in total. The molecule has 100 valence electrons. The normalized spacial score (nSPS) is 23.2. The van der Waals surface area contributed by atoms with Crippen LogP contribution in [-0.4, -0.2) is 72.9 Å². The monoisotopic (exact) mass is 244 g/mol. The van der Waals surface area contributed by atoms with Gasteiger partial charge in [0.05, 0.1) is 6.61 Å². The van der Waals surface area contributed by atoms with E-state index >= 15 is 0 Å². The molecule has 0 aliphatic carbocycles. The average molecular weight is 244 g/mol. The van der Waals surface area contributed by atoms with Crippen LogP contribution in [0.2, 0.25) is 0 Å². The topological polar surface area (TPSA) is 53.0 Å². The van der Waals surface area contributed by atoms with Crippen LogP contribution >= 0.6 is 0 Å². The third-order valence-electron chi connectivity index (χ3n) is 3.57. The number of likely N-dealkylation sites (tertiary alicyclic amines) is 1. The lowest BCUT2D eigenvalue weighted by atomic mass is 10.2. The highest BCUT2D eigenvalue weighted by molar-refractivity contribution is 5.73. The van der Waals surface area contributed by atoms with Gasteiger partial charge in [-0.15, -0.1) is 0 Å². The van der Waals surface area contributed by atoms with Gasteiger partial charge < -0.3 is 9.84 Å². The molecular formula is C12H24N2O3. The Labute approximate surface area is 103 Å². The maximum absolute atomic E-state index is 11.2. The molecule has 1 aliphatic heterocycles. The van der Waals surface area contributed by atoms with E-state index in [0.29, 0.717) is 6.04 Å². The van der Waals surface area contributed by atoms with Crippen molar-refractivity contribution in [2.45, 2.75) is 32.4 Å². The molecule has 0 radical (unpaired) electrons. The second kappa shape index (κ2) is 6.93. The summed E-state index contributed by atoms with van der Waals surface area (Å²) in [4.78, 5) is 15.6. The maximum Gasteiger partial charge on any atom is 0.323 e. The highest BCUT2D eigenvalue weighted by Crippen LogP contribution is 2.18. The molecule has 1 heterocycles. The summed E-state index contributed by atoms with van der Waals surface area (Å²) in [7, 11) is 1.55. The highest BCUT2D eigenvalue weighted by atomic mass is 16.5. The summed E-state index contributed by atoms with van der Waals surface area (Å²) < 4.78 is 4.99. The van der Waals surface area contributed by atoms with E-state index in [0.717, 1.165) is 32.6 Å². The molecule has 1 saturated heterocycles. The number of methoxy groups -OCH3 is 1. The molecular weight excluding hydrogens is 220 g/mol. The number of nitrogens with zero attached hydrogens (tertiary/aromatic N) is 2. The van der Waals surface area contributed by atoms with Gasteiger partial charge >= 0.3 is 5.97 Å². The molecule has 1 rings (SSSR count). The number of hydrogen-bond acceptors (Lipinski definition) is 4. The number of aliphatic carboxylic acids is 1. The second-order valence-electron chi connectivity index (χ2n) is 4.47. The quantitative estimate of drug-likeness (QED) is 0.707. The van der Waals surface area contributed by atoms with Crippen molar-refractivity contribution in [2.24, 2.45) is 0 Å². The van der Waals surface area contributed by atoms with Gasteiger partial charge in [0.15, 0.2) is 0 Å². The Kier molecular flexibility index (Phi) is 5.88. The van der Waals surface area contributed by atoms with Crippen molar-refractivity contribution in [3.05, 3.63) is 0 Å². The number of carboxylic acid groups (broad SMARTS) is 1. The zero-order valence-electron chi connectivity index (χ0n) is 11.1. The first-order chi connectivity index (χ1) is 8.13. The Morgan fingerprint density at radius 3 is 2.65 bits per heavy atom. The van der Waals surface area contributed by atoms with Crippen molar-refractivity contribution in [2.75, 3.05) is 39.9 Å². The van der Waals surface area contributed by atoms with E-state index in [9.17, 15) is 4.79 Å². The van der Waals surface area contributed by atoms with Crippen molar-refractivity contribution < 1.29 is 14.6 Å². The molecule has 0 aromatic heterocycles. The number of carbonyl (C=O) groups is 1. The van der Waals surface area contributed by atoms with Gasteiger partial charge in [-0.2, -0.15) is 0 Å². The van der Waals surface area contributed by atoms with E-state index in [2.05, 4.69) is 18.7 Å². The summed E-state index contributed by atoms with van der Waals surface area (Å²) in [5.74, 6) is -0.785. The van der Waals surface area contributed by atoms with Crippen LogP contribution in [0.15, 0.2) is 0 Å². The summed E-state index contributed by atoms with van der Waals surface area (Å²) in [6.45, 7) is 8.30. The first-order valence-corrected chi connectivity index (χ1v) is 6.33. The summed E-state index contributed by atoms with van der Waals surface area (Å²) >= 11 is 0. The molecule has 1 aliphatic rings. The fourth-order valence-corrected chi connectivity index (χ4v) is 2.58. The van der Waals surface area contributed by atoms with Crippen LogP contribution < -0.4 is 0 Å². The lowest BCUT2D eigenvalue weighted by molar-refractivity contribution is -0.144. The summed E-state index contributed by atoms with van der Waals surface area (Å²) in [6, 6.07) is -0.00994. The maximum atomic E-state index is 11.2. The Morgan fingerprint density at radius 2 is 2.18 bits per heavy atom. The van der Waals surface area contributed by atoms with E-state index in [4.69, 9.17) is 9.84 Å². The van der Waals surface area contributed by atoms with Crippen molar-refractivity contribution in [3.8, 4) is 0 Å². The Hall–Kier alpha value is -0.650. The number of hydrogen-bond donors (Lipinski definition) is 1. The zero-order chi connectivity index (χ0) is 12.8. The van der Waals surface area contributed by atoms with Gasteiger partial charge in [0.2, 0.25) is 0 Å². The van der Waals surface area contributed by atoms with Gasteiger partial charge in [0.25, 0.3) is 0 Å². The molecule has 0 saturated carbocycles. The van der Waals surface area contributed by atoms with Gasteiger partial charge in [0.1, 0.15) is 6.04 Å². The van der Waals surface area contributed by atoms with Gasteiger partial charge in [0, 0.05) is 26.2 Å². The molecule has 2 unspecified atom stereocenters.